The number of ether oxygens (including phenoxy) is 2. The number of amides is 1. The summed E-state index contributed by atoms with van der Waals surface area (Å²) in [6.45, 7) is 6.59. The minimum atomic E-state index is -0.482. The fourth-order valence-electron chi connectivity index (χ4n) is 1.36. The highest BCUT2D eigenvalue weighted by molar-refractivity contribution is 5.68. The molecule has 3 N–H and O–H groups in total. The molecule has 0 unspecified atom stereocenters. The molecule has 1 aliphatic heterocycles. The normalized spacial score (nSPS) is 27.2. The van der Waals surface area contributed by atoms with Gasteiger partial charge in [-0.25, -0.2) is 4.79 Å². The largest absolute Gasteiger partial charge is 0.444 e. The van der Waals surface area contributed by atoms with E-state index in [2.05, 4.69) is 5.32 Å². The lowest BCUT2D eigenvalue weighted by Gasteiger charge is -2.30. The lowest BCUT2D eigenvalue weighted by atomic mass is 10.1. The number of hydrogen-bond acceptors (Lipinski definition) is 4. The summed E-state index contributed by atoms with van der Waals surface area (Å²) in [5.41, 5.74) is 5.36. The van der Waals surface area contributed by atoms with Crippen LogP contribution in [0.3, 0.4) is 0 Å². The Kier molecular flexibility index (Phi) is 3.93. The Morgan fingerprint density at radius 2 is 2.20 bits per heavy atom. The van der Waals surface area contributed by atoms with Crippen molar-refractivity contribution in [2.24, 2.45) is 5.73 Å². The van der Waals surface area contributed by atoms with Crippen LogP contribution in [-0.2, 0) is 9.47 Å². The number of carbonyl (C=O) groups is 1. The number of rotatable bonds is 1. The van der Waals surface area contributed by atoms with Gasteiger partial charge in [0, 0.05) is 12.6 Å². The van der Waals surface area contributed by atoms with Crippen molar-refractivity contribution in [3.05, 3.63) is 0 Å². The summed E-state index contributed by atoms with van der Waals surface area (Å²) < 4.78 is 10.4. The average Bonchev–Trinajstić information content (AvgIpc) is 2.05. The molecule has 5 nitrogen and oxygen atoms in total. The van der Waals surface area contributed by atoms with E-state index in [0.717, 1.165) is 6.42 Å². The first kappa shape index (κ1) is 12.3. The first-order valence-corrected chi connectivity index (χ1v) is 5.21. The van der Waals surface area contributed by atoms with E-state index in [1.165, 1.54) is 0 Å². The smallest absolute Gasteiger partial charge is 0.408 e. The first-order valence-electron chi connectivity index (χ1n) is 5.21. The Morgan fingerprint density at radius 3 is 2.73 bits per heavy atom. The Labute approximate surface area is 90.3 Å². The molecule has 5 heteroatoms. The summed E-state index contributed by atoms with van der Waals surface area (Å²) in [5, 5.41) is 2.71. The molecule has 1 heterocycles. The van der Waals surface area contributed by atoms with Crippen LogP contribution >= 0.6 is 0 Å². The minimum absolute atomic E-state index is 0.0498. The van der Waals surface area contributed by atoms with Gasteiger partial charge in [0.05, 0.1) is 12.6 Å². The standard InChI is InChI=1S/C10H20N2O3/c1-10(2,3)15-9(13)12-8-6-14-5-4-7(8)11/h7-8H,4-6,11H2,1-3H3,(H,12,13)/t7-,8-/m0/s1. The zero-order valence-corrected chi connectivity index (χ0v) is 9.58. The average molecular weight is 216 g/mol. The molecule has 0 spiro atoms. The van der Waals surface area contributed by atoms with E-state index in [0.29, 0.717) is 13.2 Å². The Bertz CT molecular complexity index is 225. The molecular weight excluding hydrogens is 196 g/mol. The van der Waals surface area contributed by atoms with Crippen LogP contribution in [0.25, 0.3) is 0 Å². The topological polar surface area (TPSA) is 73.6 Å². The van der Waals surface area contributed by atoms with Crippen LogP contribution < -0.4 is 11.1 Å². The fraction of sp³-hybridized carbons (Fsp3) is 0.900. The first-order chi connectivity index (χ1) is 6.88. The molecule has 2 atom stereocenters. The van der Waals surface area contributed by atoms with Crippen molar-refractivity contribution in [2.75, 3.05) is 13.2 Å². The van der Waals surface area contributed by atoms with Gasteiger partial charge < -0.3 is 20.5 Å². The molecule has 0 saturated carbocycles. The summed E-state index contributed by atoms with van der Waals surface area (Å²) in [6.07, 6.45) is 0.328. The summed E-state index contributed by atoms with van der Waals surface area (Å²) in [5.74, 6) is 0. The zero-order chi connectivity index (χ0) is 11.5. The van der Waals surface area contributed by atoms with E-state index < -0.39 is 11.7 Å². The van der Waals surface area contributed by atoms with Gasteiger partial charge >= 0.3 is 6.09 Å². The molecule has 15 heavy (non-hydrogen) atoms. The van der Waals surface area contributed by atoms with Crippen LogP contribution in [-0.4, -0.2) is 37.0 Å². The van der Waals surface area contributed by atoms with Crippen molar-refractivity contribution in [2.45, 2.75) is 44.9 Å². The van der Waals surface area contributed by atoms with E-state index in [-0.39, 0.29) is 12.1 Å². The Morgan fingerprint density at radius 1 is 1.53 bits per heavy atom. The van der Waals surface area contributed by atoms with Crippen molar-refractivity contribution >= 4 is 6.09 Å². The van der Waals surface area contributed by atoms with Crippen molar-refractivity contribution in [1.82, 2.24) is 5.32 Å². The predicted molar refractivity (Wildman–Crippen MR) is 56.6 cm³/mol. The second-order valence-electron chi connectivity index (χ2n) is 4.78. The predicted octanol–water partition coefficient (Wildman–Crippen LogP) is 0.627. The molecule has 0 aromatic carbocycles. The number of alkyl carbamates (subject to hydrolysis) is 1. The van der Waals surface area contributed by atoms with Crippen molar-refractivity contribution in [3.8, 4) is 0 Å². The molecule has 1 amide bonds. The molecule has 0 aromatic rings. The van der Waals surface area contributed by atoms with E-state index in [9.17, 15) is 4.79 Å². The lowest BCUT2D eigenvalue weighted by molar-refractivity contribution is 0.0299. The molecular formula is C10H20N2O3. The van der Waals surface area contributed by atoms with Gasteiger partial charge in [-0.15, -0.1) is 0 Å². The maximum absolute atomic E-state index is 11.4. The number of carbonyl (C=O) groups excluding carboxylic acids is 1. The van der Waals surface area contributed by atoms with E-state index in [1.807, 2.05) is 20.8 Å². The van der Waals surface area contributed by atoms with Gasteiger partial charge in [-0.3, -0.25) is 0 Å². The van der Waals surface area contributed by atoms with Crippen molar-refractivity contribution in [1.29, 1.82) is 0 Å². The molecule has 1 saturated heterocycles. The van der Waals surface area contributed by atoms with Gasteiger partial charge in [-0.1, -0.05) is 0 Å². The molecule has 1 rings (SSSR count). The summed E-state index contributed by atoms with van der Waals surface area (Å²) >= 11 is 0. The van der Waals surface area contributed by atoms with Crippen LogP contribution in [0, 0.1) is 0 Å². The molecule has 0 bridgehead atoms. The third-order valence-electron chi connectivity index (χ3n) is 2.11. The minimum Gasteiger partial charge on any atom is -0.444 e. The van der Waals surface area contributed by atoms with Crippen LogP contribution in [0.4, 0.5) is 4.79 Å². The molecule has 88 valence electrons. The van der Waals surface area contributed by atoms with E-state index >= 15 is 0 Å². The fourth-order valence-corrected chi connectivity index (χ4v) is 1.36. The number of nitrogens with one attached hydrogen (secondary N) is 1. The van der Waals surface area contributed by atoms with Gasteiger partial charge in [0.25, 0.3) is 0 Å². The Hall–Kier alpha value is -0.810. The summed E-state index contributed by atoms with van der Waals surface area (Å²) in [6, 6.07) is -0.195. The maximum atomic E-state index is 11.4. The molecule has 0 radical (unpaired) electrons. The van der Waals surface area contributed by atoms with Crippen LogP contribution in [0.1, 0.15) is 27.2 Å². The highest BCUT2D eigenvalue weighted by Gasteiger charge is 2.26. The summed E-state index contributed by atoms with van der Waals surface area (Å²) in [4.78, 5) is 11.4. The molecule has 1 aliphatic rings. The van der Waals surface area contributed by atoms with Crippen LogP contribution in [0.2, 0.25) is 0 Å². The van der Waals surface area contributed by atoms with Gasteiger partial charge in [-0.05, 0) is 27.2 Å². The Balaban J connectivity index is 2.36. The third-order valence-corrected chi connectivity index (χ3v) is 2.11. The van der Waals surface area contributed by atoms with Gasteiger partial charge in [0.2, 0.25) is 0 Å². The quantitative estimate of drug-likeness (QED) is 0.674. The van der Waals surface area contributed by atoms with Gasteiger partial charge in [0.15, 0.2) is 0 Å². The van der Waals surface area contributed by atoms with Crippen molar-refractivity contribution in [3.63, 3.8) is 0 Å². The molecule has 1 fully saturated rings. The SMILES string of the molecule is CC(C)(C)OC(=O)N[C@H]1COCC[C@@H]1N. The highest BCUT2D eigenvalue weighted by atomic mass is 16.6. The van der Waals surface area contributed by atoms with Crippen molar-refractivity contribution < 1.29 is 14.3 Å². The van der Waals surface area contributed by atoms with E-state index in [4.69, 9.17) is 15.2 Å². The number of nitrogens with two attached hydrogens (primary N) is 1. The van der Waals surface area contributed by atoms with Crippen LogP contribution in [0.5, 0.6) is 0 Å². The van der Waals surface area contributed by atoms with Crippen LogP contribution in [0.15, 0.2) is 0 Å². The lowest BCUT2D eigenvalue weighted by Crippen LogP contribution is -2.54. The third kappa shape index (κ3) is 4.48. The highest BCUT2D eigenvalue weighted by Crippen LogP contribution is 2.09. The number of hydrogen-bond donors (Lipinski definition) is 2. The zero-order valence-electron chi connectivity index (χ0n) is 9.58. The van der Waals surface area contributed by atoms with E-state index in [1.54, 1.807) is 0 Å². The molecule has 0 aromatic heterocycles. The second-order valence-corrected chi connectivity index (χ2v) is 4.78. The van der Waals surface area contributed by atoms with Gasteiger partial charge in [-0.2, -0.15) is 0 Å². The maximum Gasteiger partial charge on any atom is 0.408 e. The molecule has 0 aliphatic carbocycles. The second kappa shape index (κ2) is 4.81. The van der Waals surface area contributed by atoms with Gasteiger partial charge in [0.1, 0.15) is 5.60 Å². The summed E-state index contributed by atoms with van der Waals surface area (Å²) in [7, 11) is 0. The monoisotopic (exact) mass is 216 g/mol.